The zero-order valence-electron chi connectivity index (χ0n) is 8.52. The summed E-state index contributed by atoms with van der Waals surface area (Å²) >= 11 is 0. The SMILES string of the molecule is CC(=O)N1CCC(N2C(=O)CNC2=O)C1. The highest BCUT2D eigenvalue weighted by atomic mass is 16.2. The standard InChI is InChI=1S/C9H13N3O3/c1-6(13)11-3-2-7(5-11)12-8(14)4-10-9(12)15/h7H,2-5H2,1H3,(H,10,15). The summed E-state index contributed by atoms with van der Waals surface area (Å²) in [6.07, 6.45) is 0.679. The zero-order chi connectivity index (χ0) is 11.0. The van der Waals surface area contributed by atoms with E-state index in [0.29, 0.717) is 19.5 Å². The molecule has 15 heavy (non-hydrogen) atoms. The van der Waals surface area contributed by atoms with E-state index >= 15 is 0 Å². The summed E-state index contributed by atoms with van der Waals surface area (Å²) in [5.41, 5.74) is 0. The number of rotatable bonds is 1. The molecular formula is C9H13N3O3. The van der Waals surface area contributed by atoms with Gasteiger partial charge < -0.3 is 10.2 Å². The molecule has 1 atom stereocenters. The van der Waals surface area contributed by atoms with Crippen molar-refractivity contribution in [2.24, 2.45) is 0 Å². The van der Waals surface area contributed by atoms with Crippen LogP contribution < -0.4 is 5.32 Å². The van der Waals surface area contributed by atoms with Gasteiger partial charge in [0.05, 0.1) is 12.6 Å². The van der Waals surface area contributed by atoms with Crippen molar-refractivity contribution in [2.45, 2.75) is 19.4 Å². The second-order valence-corrected chi connectivity index (χ2v) is 3.83. The van der Waals surface area contributed by atoms with Gasteiger partial charge in [0.1, 0.15) is 0 Å². The van der Waals surface area contributed by atoms with E-state index in [4.69, 9.17) is 0 Å². The minimum absolute atomic E-state index is 0.00967. The number of hydrogen-bond donors (Lipinski definition) is 1. The summed E-state index contributed by atoms with van der Waals surface area (Å²) in [6, 6.07) is -0.487. The Kier molecular flexibility index (Phi) is 2.34. The molecule has 1 unspecified atom stereocenters. The van der Waals surface area contributed by atoms with Gasteiger partial charge >= 0.3 is 6.03 Å². The van der Waals surface area contributed by atoms with Crippen LogP contribution in [0.3, 0.4) is 0 Å². The summed E-state index contributed by atoms with van der Waals surface area (Å²) in [4.78, 5) is 36.7. The molecule has 2 fully saturated rings. The van der Waals surface area contributed by atoms with E-state index in [1.54, 1.807) is 4.90 Å². The third kappa shape index (κ3) is 1.67. The van der Waals surface area contributed by atoms with Gasteiger partial charge in [-0.3, -0.25) is 14.5 Å². The number of urea groups is 1. The fourth-order valence-corrected chi connectivity index (χ4v) is 2.04. The van der Waals surface area contributed by atoms with Crippen LogP contribution in [0.2, 0.25) is 0 Å². The molecule has 2 saturated heterocycles. The minimum atomic E-state index is -0.338. The average Bonchev–Trinajstić information content (AvgIpc) is 2.73. The summed E-state index contributed by atoms with van der Waals surface area (Å²) < 4.78 is 0. The molecule has 0 aromatic carbocycles. The van der Waals surface area contributed by atoms with Crippen LogP contribution in [-0.4, -0.2) is 53.3 Å². The maximum atomic E-state index is 11.4. The third-order valence-electron chi connectivity index (χ3n) is 2.85. The molecular weight excluding hydrogens is 198 g/mol. The van der Waals surface area contributed by atoms with Gasteiger partial charge in [-0.25, -0.2) is 4.79 Å². The van der Waals surface area contributed by atoms with Crippen LogP contribution in [0.4, 0.5) is 4.79 Å². The number of carbonyl (C=O) groups excluding carboxylic acids is 3. The zero-order valence-corrected chi connectivity index (χ0v) is 8.52. The molecule has 6 heteroatoms. The largest absolute Gasteiger partial charge is 0.341 e. The first kappa shape index (κ1) is 9.95. The Morgan fingerprint density at radius 1 is 1.47 bits per heavy atom. The molecule has 0 spiro atoms. The highest BCUT2D eigenvalue weighted by molar-refractivity contribution is 6.02. The van der Waals surface area contributed by atoms with Crippen LogP contribution in [0, 0.1) is 0 Å². The second kappa shape index (κ2) is 3.52. The Labute approximate surface area is 87.2 Å². The van der Waals surface area contributed by atoms with Crippen LogP contribution >= 0.6 is 0 Å². The average molecular weight is 211 g/mol. The molecule has 0 saturated carbocycles. The van der Waals surface area contributed by atoms with Crippen LogP contribution in [0.1, 0.15) is 13.3 Å². The van der Waals surface area contributed by atoms with Crippen molar-refractivity contribution in [1.29, 1.82) is 0 Å². The van der Waals surface area contributed by atoms with E-state index in [9.17, 15) is 14.4 Å². The summed E-state index contributed by atoms with van der Waals surface area (Å²) in [5.74, 6) is -0.208. The lowest BCUT2D eigenvalue weighted by Gasteiger charge is -2.20. The molecule has 4 amide bonds. The van der Waals surface area contributed by atoms with Crippen molar-refractivity contribution in [3.63, 3.8) is 0 Å². The lowest BCUT2D eigenvalue weighted by atomic mass is 10.2. The molecule has 2 aliphatic heterocycles. The van der Waals surface area contributed by atoms with Crippen molar-refractivity contribution >= 4 is 17.8 Å². The molecule has 82 valence electrons. The fraction of sp³-hybridized carbons (Fsp3) is 0.667. The third-order valence-corrected chi connectivity index (χ3v) is 2.85. The number of hydrogen-bond acceptors (Lipinski definition) is 3. The van der Waals surface area contributed by atoms with Gasteiger partial charge in [0.2, 0.25) is 11.8 Å². The van der Waals surface area contributed by atoms with E-state index in [1.807, 2.05) is 0 Å². The van der Waals surface area contributed by atoms with Crippen LogP contribution in [0.5, 0.6) is 0 Å². The predicted molar refractivity (Wildman–Crippen MR) is 50.9 cm³/mol. The van der Waals surface area contributed by atoms with Crippen LogP contribution in [-0.2, 0) is 9.59 Å². The molecule has 2 aliphatic rings. The highest BCUT2D eigenvalue weighted by Crippen LogP contribution is 2.17. The maximum absolute atomic E-state index is 11.4. The number of carbonyl (C=O) groups is 3. The van der Waals surface area contributed by atoms with Crippen molar-refractivity contribution in [1.82, 2.24) is 15.1 Å². The number of amides is 4. The van der Waals surface area contributed by atoms with Gasteiger partial charge in [0.25, 0.3) is 0 Å². The van der Waals surface area contributed by atoms with Crippen LogP contribution in [0.15, 0.2) is 0 Å². The predicted octanol–water partition coefficient (Wildman–Crippen LogP) is -0.841. The van der Waals surface area contributed by atoms with Crippen molar-refractivity contribution < 1.29 is 14.4 Å². The van der Waals surface area contributed by atoms with E-state index in [0.717, 1.165) is 0 Å². The number of nitrogens with zero attached hydrogens (tertiary/aromatic N) is 2. The lowest BCUT2D eigenvalue weighted by Crippen LogP contribution is -2.42. The molecule has 0 radical (unpaired) electrons. The first-order chi connectivity index (χ1) is 7.09. The monoisotopic (exact) mass is 211 g/mol. The molecule has 0 aliphatic carbocycles. The van der Waals surface area contributed by atoms with Crippen molar-refractivity contribution in [3.05, 3.63) is 0 Å². The number of likely N-dealkylation sites (tertiary alicyclic amines) is 1. The summed E-state index contributed by atoms with van der Waals surface area (Å²) in [7, 11) is 0. The first-order valence-electron chi connectivity index (χ1n) is 4.95. The molecule has 1 N–H and O–H groups in total. The first-order valence-corrected chi connectivity index (χ1v) is 4.95. The van der Waals surface area contributed by atoms with Gasteiger partial charge in [0.15, 0.2) is 0 Å². The second-order valence-electron chi connectivity index (χ2n) is 3.83. The number of nitrogens with one attached hydrogen (secondary N) is 1. The Bertz CT molecular complexity index is 313. The van der Waals surface area contributed by atoms with Gasteiger partial charge in [-0.1, -0.05) is 0 Å². The molecule has 2 heterocycles. The Morgan fingerprint density at radius 2 is 2.20 bits per heavy atom. The summed E-state index contributed by atoms with van der Waals surface area (Å²) in [6.45, 7) is 2.66. The fourth-order valence-electron chi connectivity index (χ4n) is 2.04. The Morgan fingerprint density at radius 3 is 2.67 bits per heavy atom. The Hall–Kier alpha value is -1.59. The topological polar surface area (TPSA) is 69.7 Å². The van der Waals surface area contributed by atoms with Gasteiger partial charge in [-0.15, -0.1) is 0 Å². The smallest absolute Gasteiger partial charge is 0.324 e. The van der Waals surface area contributed by atoms with E-state index in [2.05, 4.69) is 5.32 Å². The van der Waals surface area contributed by atoms with Crippen molar-refractivity contribution in [3.8, 4) is 0 Å². The normalized spacial score (nSPS) is 26.1. The highest BCUT2D eigenvalue weighted by Gasteiger charge is 2.38. The molecule has 2 rings (SSSR count). The molecule has 0 bridgehead atoms. The van der Waals surface area contributed by atoms with E-state index in [-0.39, 0.29) is 30.4 Å². The van der Waals surface area contributed by atoms with Crippen molar-refractivity contribution in [2.75, 3.05) is 19.6 Å². The lowest BCUT2D eigenvalue weighted by molar-refractivity contribution is -0.129. The van der Waals surface area contributed by atoms with E-state index < -0.39 is 0 Å². The minimum Gasteiger partial charge on any atom is -0.341 e. The number of imide groups is 1. The molecule has 0 aromatic rings. The van der Waals surface area contributed by atoms with Gasteiger partial charge in [-0.05, 0) is 6.42 Å². The van der Waals surface area contributed by atoms with E-state index in [1.165, 1.54) is 11.8 Å². The van der Waals surface area contributed by atoms with Gasteiger partial charge in [0, 0.05) is 20.0 Å². The Balaban J connectivity index is 2.04. The molecule has 6 nitrogen and oxygen atoms in total. The van der Waals surface area contributed by atoms with Gasteiger partial charge in [-0.2, -0.15) is 0 Å². The summed E-state index contributed by atoms with van der Waals surface area (Å²) in [5, 5.41) is 2.47. The quantitative estimate of drug-likeness (QED) is 0.575. The van der Waals surface area contributed by atoms with Crippen LogP contribution in [0.25, 0.3) is 0 Å². The maximum Gasteiger partial charge on any atom is 0.324 e. The molecule has 0 aromatic heterocycles.